The third-order valence-electron chi connectivity index (χ3n) is 5.74. The van der Waals surface area contributed by atoms with E-state index in [1.165, 1.54) is 6.20 Å². The van der Waals surface area contributed by atoms with Crippen molar-refractivity contribution in [1.82, 2.24) is 25.1 Å². The van der Waals surface area contributed by atoms with Crippen molar-refractivity contribution >= 4 is 35.1 Å². The normalized spacial score (nSPS) is 18.2. The summed E-state index contributed by atoms with van der Waals surface area (Å²) >= 11 is 12.3. The Morgan fingerprint density at radius 1 is 1.15 bits per heavy atom. The maximum atomic E-state index is 13.2. The molecule has 2 atom stereocenters. The van der Waals surface area contributed by atoms with Crippen LogP contribution >= 0.6 is 23.2 Å². The van der Waals surface area contributed by atoms with Gasteiger partial charge in [-0.1, -0.05) is 29.3 Å². The Balaban J connectivity index is 1.55. The molecule has 1 saturated heterocycles. The Bertz CT molecular complexity index is 1190. The molecule has 178 valence electrons. The molecule has 1 aliphatic rings. The smallest absolute Gasteiger partial charge is 0.354 e. The van der Waals surface area contributed by atoms with Gasteiger partial charge in [-0.2, -0.15) is 23.4 Å². The molecule has 1 aromatic carbocycles. The van der Waals surface area contributed by atoms with E-state index >= 15 is 0 Å². The average Bonchev–Trinajstić information content (AvgIpc) is 3.23. The minimum Gasteiger partial charge on any atom is -0.354 e. The first-order valence-electron chi connectivity index (χ1n) is 10.3. The summed E-state index contributed by atoms with van der Waals surface area (Å²) in [6, 6.07) is 6.95. The van der Waals surface area contributed by atoms with Gasteiger partial charge >= 0.3 is 6.18 Å². The zero-order valence-corrected chi connectivity index (χ0v) is 19.4. The lowest BCUT2D eigenvalue weighted by molar-refractivity contribution is -0.138. The van der Waals surface area contributed by atoms with Crippen molar-refractivity contribution in [2.24, 2.45) is 5.92 Å². The highest BCUT2D eigenvalue weighted by Crippen LogP contribution is 2.36. The van der Waals surface area contributed by atoms with Gasteiger partial charge in [0.25, 0.3) is 5.91 Å². The van der Waals surface area contributed by atoms with Gasteiger partial charge in [0.1, 0.15) is 0 Å². The maximum Gasteiger partial charge on any atom is 0.419 e. The number of aryl methyl sites for hydroxylation is 1. The van der Waals surface area contributed by atoms with E-state index in [-0.39, 0.29) is 23.7 Å². The van der Waals surface area contributed by atoms with Crippen LogP contribution in [0.15, 0.2) is 42.9 Å². The summed E-state index contributed by atoms with van der Waals surface area (Å²) < 4.78 is 38.3. The van der Waals surface area contributed by atoms with E-state index in [1.54, 1.807) is 30.0 Å². The zero-order chi connectivity index (χ0) is 24.5. The van der Waals surface area contributed by atoms with Gasteiger partial charge in [0, 0.05) is 43.9 Å². The quantitative estimate of drug-likeness (QED) is 0.527. The lowest BCUT2D eigenvalue weighted by atomic mass is 9.89. The molecule has 12 heteroatoms. The van der Waals surface area contributed by atoms with Crippen molar-refractivity contribution in [2.45, 2.75) is 19.0 Å². The number of aromatic nitrogens is 4. The van der Waals surface area contributed by atoms with Crippen molar-refractivity contribution in [2.75, 3.05) is 25.0 Å². The van der Waals surface area contributed by atoms with E-state index in [4.69, 9.17) is 23.2 Å². The van der Waals surface area contributed by atoms with E-state index in [9.17, 15) is 18.0 Å². The number of hydrogen-bond donors (Lipinski definition) is 1. The van der Waals surface area contributed by atoms with Crippen LogP contribution in [-0.2, 0) is 6.18 Å². The Hall–Kier alpha value is -2.98. The SMILES string of the molecule is Cc1nnccc1C(=O)N1C[C@H](CNc2ncc(C(F)(F)F)cn2)[C@@H](c2ccc(Cl)c(Cl)c2)C1. The number of rotatable bonds is 5. The first-order valence-corrected chi connectivity index (χ1v) is 11.0. The summed E-state index contributed by atoms with van der Waals surface area (Å²) in [6.45, 7) is 2.86. The van der Waals surface area contributed by atoms with Crippen LogP contribution in [0.25, 0.3) is 0 Å². The second-order valence-corrected chi connectivity index (χ2v) is 8.77. The van der Waals surface area contributed by atoms with Crippen LogP contribution in [0.2, 0.25) is 10.0 Å². The van der Waals surface area contributed by atoms with Gasteiger partial charge in [-0.25, -0.2) is 9.97 Å². The van der Waals surface area contributed by atoms with Crippen molar-refractivity contribution in [3.8, 4) is 0 Å². The lowest BCUT2D eigenvalue weighted by Gasteiger charge is -2.19. The molecule has 0 saturated carbocycles. The standard InChI is InChI=1S/C22H19Cl2F3N6O/c1-12-16(4-5-31-32-12)20(34)33-10-14(17(11-33)13-2-3-18(23)19(24)6-13)7-28-21-29-8-15(9-30-21)22(25,26)27/h2-6,8-9,14,17H,7,10-11H2,1H3,(H,28,29,30)/t14-,17+/m0/s1. The number of benzene rings is 1. The predicted octanol–water partition coefficient (Wildman–Crippen LogP) is 4.87. The van der Waals surface area contributed by atoms with Crippen LogP contribution < -0.4 is 5.32 Å². The van der Waals surface area contributed by atoms with Gasteiger partial charge in [-0.15, -0.1) is 0 Å². The number of likely N-dealkylation sites (tertiary alicyclic amines) is 1. The van der Waals surface area contributed by atoms with E-state index < -0.39 is 11.7 Å². The van der Waals surface area contributed by atoms with Crippen molar-refractivity contribution in [3.63, 3.8) is 0 Å². The Labute approximate surface area is 203 Å². The Morgan fingerprint density at radius 3 is 2.53 bits per heavy atom. The number of hydrogen-bond acceptors (Lipinski definition) is 6. The number of carbonyl (C=O) groups is 1. The highest BCUT2D eigenvalue weighted by Gasteiger charge is 2.37. The molecular formula is C22H19Cl2F3N6O. The highest BCUT2D eigenvalue weighted by molar-refractivity contribution is 6.42. The van der Waals surface area contributed by atoms with Crippen LogP contribution in [0.3, 0.4) is 0 Å². The summed E-state index contributed by atoms with van der Waals surface area (Å²) in [6.07, 6.45) is -1.58. The molecule has 2 aromatic heterocycles. The second kappa shape index (κ2) is 9.71. The van der Waals surface area contributed by atoms with E-state index in [0.717, 1.165) is 18.0 Å². The van der Waals surface area contributed by atoms with E-state index in [0.29, 0.717) is 40.9 Å². The molecule has 3 heterocycles. The number of alkyl halides is 3. The molecule has 0 bridgehead atoms. The predicted molar refractivity (Wildman–Crippen MR) is 121 cm³/mol. The van der Waals surface area contributed by atoms with Gasteiger partial charge in [-0.3, -0.25) is 4.79 Å². The highest BCUT2D eigenvalue weighted by atomic mass is 35.5. The van der Waals surface area contributed by atoms with Gasteiger partial charge < -0.3 is 10.2 Å². The monoisotopic (exact) mass is 510 g/mol. The minimum absolute atomic E-state index is 0.0693. The number of nitrogens with one attached hydrogen (secondary N) is 1. The minimum atomic E-state index is -4.51. The molecule has 0 spiro atoms. The zero-order valence-electron chi connectivity index (χ0n) is 17.9. The van der Waals surface area contributed by atoms with Crippen LogP contribution in [0.1, 0.15) is 33.1 Å². The molecule has 1 aliphatic heterocycles. The molecule has 0 unspecified atom stereocenters. The fraction of sp³-hybridized carbons (Fsp3) is 0.318. The van der Waals surface area contributed by atoms with Gasteiger partial charge in [-0.05, 0) is 30.7 Å². The summed E-state index contributed by atoms with van der Waals surface area (Å²) in [5.74, 6) is -0.302. The molecule has 1 amide bonds. The molecule has 34 heavy (non-hydrogen) atoms. The first-order chi connectivity index (χ1) is 16.1. The second-order valence-electron chi connectivity index (χ2n) is 7.95. The summed E-state index contributed by atoms with van der Waals surface area (Å²) in [4.78, 5) is 22.4. The van der Waals surface area contributed by atoms with Gasteiger partial charge in [0.05, 0.1) is 33.1 Å². The Morgan fingerprint density at radius 2 is 1.88 bits per heavy atom. The summed E-state index contributed by atoms with van der Waals surface area (Å²) in [5, 5.41) is 11.6. The maximum absolute atomic E-state index is 13.2. The van der Waals surface area contributed by atoms with Crippen molar-refractivity contribution in [3.05, 3.63) is 75.3 Å². The number of amides is 1. The first kappa shape index (κ1) is 24.2. The van der Waals surface area contributed by atoms with Crippen molar-refractivity contribution < 1.29 is 18.0 Å². The van der Waals surface area contributed by atoms with Gasteiger partial charge in [0.2, 0.25) is 5.95 Å². The summed E-state index contributed by atoms with van der Waals surface area (Å²) in [5.41, 5.74) is 0.959. The topological polar surface area (TPSA) is 83.9 Å². The lowest BCUT2D eigenvalue weighted by Crippen LogP contribution is -2.30. The molecule has 7 nitrogen and oxygen atoms in total. The largest absolute Gasteiger partial charge is 0.419 e. The van der Waals surface area contributed by atoms with Crippen molar-refractivity contribution in [1.29, 1.82) is 0 Å². The molecule has 3 aromatic rings. The molecule has 0 radical (unpaired) electrons. The molecule has 1 N–H and O–H groups in total. The number of carbonyl (C=O) groups excluding carboxylic acids is 1. The number of anilines is 1. The molecule has 0 aliphatic carbocycles. The van der Waals surface area contributed by atoms with E-state index in [2.05, 4.69) is 25.5 Å². The summed E-state index contributed by atoms with van der Waals surface area (Å²) in [7, 11) is 0. The molecular weight excluding hydrogens is 492 g/mol. The van der Waals surface area contributed by atoms with Crippen LogP contribution in [-0.4, -0.2) is 50.6 Å². The Kier molecular flexibility index (Phi) is 6.90. The van der Waals surface area contributed by atoms with Crippen LogP contribution in [0.5, 0.6) is 0 Å². The number of nitrogens with zero attached hydrogens (tertiary/aromatic N) is 5. The van der Waals surface area contributed by atoms with Crippen LogP contribution in [0.4, 0.5) is 19.1 Å². The fourth-order valence-corrected chi connectivity index (χ4v) is 4.26. The average molecular weight is 511 g/mol. The number of halogens is 5. The molecule has 1 fully saturated rings. The van der Waals surface area contributed by atoms with Crippen LogP contribution in [0, 0.1) is 12.8 Å². The molecule has 4 rings (SSSR count). The third kappa shape index (κ3) is 5.23. The fourth-order valence-electron chi connectivity index (χ4n) is 3.95. The third-order valence-corrected chi connectivity index (χ3v) is 6.48. The van der Waals surface area contributed by atoms with E-state index in [1.807, 2.05) is 6.07 Å². The van der Waals surface area contributed by atoms with Gasteiger partial charge in [0.15, 0.2) is 0 Å².